The maximum atomic E-state index is 7.08. The molecule has 12 rings (SSSR count). The first kappa shape index (κ1) is 42.2. The number of nitrogens with zero attached hydrogens (tertiary/aromatic N) is 1. The van der Waals surface area contributed by atoms with Crippen LogP contribution in [0.4, 0.5) is 17.1 Å². The second-order valence-electron chi connectivity index (χ2n) is 20.1. The van der Waals surface area contributed by atoms with Crippen molar-refractivity contribution >= 4 is 39.0 Å². The number of hydrogen-bond acceptors (Lipinski definition) is 2. The van der Waals surface area contributed by atoms with Crippen LogP contribution < -0.4 is 4.90 Å². The standard InChI is InChI=1S/C67H53NO/c1-66(2,3)50-33-35-56-58-43-52(34-38-59(58)67(4,5)60(56)42-50)68(51-29-18-28-48(40-51)44-20-10-6-11-21-44)61-39-32-49(41-57(61)47-26-16-9-17-27-47)55-37-36-54(46-24-14-8-15-25-46)64-63-53(45-22-12-7-13-23-45)30-19-31-62(63)69-65(55)64/h6-43H,1-5H3. The molecule has 0 N–H and O–H groups in total. The maximum absolute atomic E-state index is 7.08. The molecule has 0 bridgehead atoms. The van der Waals surface area contributed by atoms with Crippen LogP contribution in [-0.2, 0) is 10.8 Å². The Morgan fingerprint density at radius 1 is 0.362 bits per heavy atom. The summed E-state index contributed by atoms with van der Waals surface area (Å²) < 4.78 is 7.08. The highest BCUT2D eigenvalue weighted by Gasteiger charge is 2.37. The summed E-state index contributed by atoms with van der Waals surface area (Å²) in [5, 5.41) is 2.24. The van der Waals surface area contributed by atoms with Crippen LogP contribution in [0.3, 0.4) is 0 Å². The Balaban J connectivity index is 1.09. The lowest BCUT2D eigenvalue weighted by molar-refractivity contribution is 0.584. The third kappa shape index (κ3) is 7.27. The van der Waals surface area contributed by atoms with Gasteiger partial charge in [0.1, 0.15) is 11.2 Å². The maximum Gasteiger partial charge on any atom is 0.143 e. The van der Waals surface area contributed by atoms with Crippen LogP contribution in [0.2, 0.25) is 0 Å². The molecule has 0 aliphatic heterocycles. The van der Waals surface area contributed by atoms with Gasteiger partial charge in [0.15, 0.2) is 0 Å². The van der Waals surface area contributed by atoms with Crippen molar-refractivity contribution in [1.29, 1.82) is 0 Å². The summed E-state index contributed by atoms with van der Waals surface area (Å²) in [4.78, 5) is 2.47. The topological polar surface area (TPSA) is 16.4 Å². The number of benzene rings is 10. The Morgan fingerprint density at radius 2 is 0.928 bits per heavy atom. The highest BCUT2D eigenvalue weighted by atomic mass is 16.3. The Labute approximate surface area is 405 Å². The molecule has 0 saturated heterocycles. The second kappa shape index (κ2) is 16.5. The van der Waals surface area contributed by atoms with Gasteiger partial charge in [-0.15, -0.1) is 0 Å². The first-order valence-corrected chi connectivity index (χ1v) is 24.2. The summed E-state index contributed by atoms with van der Waals surface area (Å²) in [5.74, 6) is 0. The van der Waals surface area contributed by atoms with Crippen molar-refractivity contribution in [3.05, 3.63) is 247 Å². The molecule has 0 atom stereocenters. The van der Waals surface area contributed by atoms with Gasteiger partial charge in [-0.25, -0.2) is 0 Å². The van der Waals surface area contributed by atoms with Gasteiger partial charge in [-0.1, -0.05) is 217 Å². The van der Waals surface area contributed by atoms with E-state index in [-0.39, 0.29) is 10.8 Å². The van der Waals surface area contributed by atoms with Crippen LogP contribution in [0.15, 0.2) is 235 Å². The van der Waals surface area contributed by atoms with Crippen molar-refractivity contribution in [1.82, 2.24) is 0 Å². The minimum Gasteiger partial charge on any atom is -0.455 e. The molecular weight excluding hydrogens is 835 g/mol. The van der Waals surface area contributed by atoms with E-state index in [1.165, 1.54) is 38.9 Å². The zero-order valence-corrected chi connectivity index (χ0v) is 39.8. The fourth-order valence-electron chi connectivity index (χ4n) is 10.8. The van der Waals surface area contributed by atoms with E-state index >= 15 is 0 Å². The predicted octanol–water partition coefficient (Wildman–Crippen LogP) is 19.0. The average molecular weight is 888 g/mol. The SMILES string of the molecule is CC(C)(C)c1ccc2c(c1)C(C)(C)c1ccc(N(c3cccc(-c4ccccc4)c3)c3ccc(-c4ccc(-c5ccccc5)c5c4oc4cccc(-c6ccccc6)c45)cc3-c3ccccc3)cc1-2. The van der Waals surface area contributed by atoms with Gasteiger partial charge in [-0.3, -0.25) is 0 Å². The minimum absolute atomic E-state index is 0.0524. The van der Waals surface area contributed by atoms with Crippen LogP contribution >= 0.6 is 0 Å². The second-order valence-corrected chi connectivity index (χ2v) is 20.1. The van der Waals surface area contributed by atoms with Crippen LogP contribution in [0.25, 0.3) is 88.7 Å². The molecular formula is C67H53NO. The van der Waals surface area contributed by atoms with Crippen molar-refractivity contribution in [2.24, 2.45) is 0 Å². The van der Waals surface area contributed by atoms with Crippen molar-refractivity contribution in [3.63, 3.8) is 0 Å². The van der Waals surface area contributed by atoms with Crippen LogP contribution in [-0.4, -0.2) is 0 Å². The molecule has 1 aliphatic rings. The summed E-state index contributed by atoms with van der Waals surface area (Å²) in [6.07, 6.45) is 0. The molecule has 2 nitrogen and oxygen atoms in total. The van der Waals surface area contributed by atoms with E-state index in [0.29, 0.717) is 0 Å². The molecule has 1 aliphatic carbocycles. The van der Waals surface area contributed by atoms with Crippen molar-refractivity contribution < 1.29 is 4.42 Å². The number of hydrogen-bond donors (Lipinski definition) is 0. The lowest BCUT2D eigenvalue weighted by Gasteiger charge is -2.30. The summed E-state index contributed by atoms with van der Waals surface area (Å²) >= 11 is 0. The first-order valence-electron chi connectivity index (χ1n) is 24.2. The molecule has 1 heterocycles. The summed E-state index contributed by atoms with van der Waals surface area (Å²) in [6, 6.07) is 84.2. The predicted molar refractivity (Wildman–Crippen MR) is 292 cm³/mol. The van der Waals surface area contributed by atoms with Crippen LogP contribution in [0.5, 0.6) is 0 Å². The van der Waals surface area contributed by atoms with Crippen molar-refractivity contribution in [2.75, 3.05) is 4.90 Å². The van der Waals surface area contributed by atoms with E-state index in [2.05, 4.69) is 270 Å². The lowest BCUT2D eigenvalue weighted by atomic mass is 9.79. The zero-order chi connectivity index (χ0) is 46.9. The quantitative estimate of drug-likeness (QED) is 0.151. The molecule has 11 aromatic rings. The molecule has 1 aromatic heterocycles. The number of furan rings is 1. The zero-order valence-electron chi connectivity index (χ0n) is 39.8. The largest absolute Gasteiger partial charge is 0.455 e. The molecule has 332 valence electrons. The molecule has 69 heavy (non-hydrogen) atoms. The fraction of sp³-hybridized carbons (Fsp3) is 0.104. The van der Waals surface area contributed by atoms with Crippen molar-refractivity contribution in [3.8, 4) is 66.8 Å². The average Bonchev–Trinajstić information content (AvgIpc) is 3.89. The van der Waals surface area contributed by atoms with Gasteiger partial charge in [0.05, 0.1) is 5.69 Å². The lowest BCUT2D eigenvalue weighted by Crippen LogP contribution is -2.18. The van der Waals surface area contributed by atoms with E-state index in [1.54, 1.807) is 0 Å². The summed E-state index contributed by atoms with van der Waals surface area (Å²) in [5.41, 5.74) is 23.0. The Kier molecular flexibility index (Phi) is 10.1. The smallest absolute Gasteiger partial charge is 0.143 e. The van der Waals surface area contributed by atoms with E-state index in [4.69, 9.17) is 4.42 Å². The molecule has 0 unspecified atom stereocenters. The van der Waals surface area contributed by atoms with Crippen molar-refractivity contribution in [2.45, 2.75) is 45.4 Å². The number of anilines is 3. The molecule has 2 heteroatoms. The molecule has 0 fully saturated rings. The van der Waals surface area contributed by atoms with Gasteiger partial charge < -0.3 is 9.32 Å². The molecule has 0 saturated carbocycles. The summed E-state index contributed by atoms with van der Waals surface area (Å²) in [6.45, 7) is 11.7. The monoisotopic (exact) mass is 887 g/mol. The van der Waals surface area contributed by atoms with Gasteiger partial charge in [0.25, 0.3) is 0 Å². The third-order valence-electron chi connectivity index (χ3n) is 14.4. The van der Waals surface area contributed by atoms with E-state index < -0.39 is 0 Å². The normalized spacial score (nSPS) is 12.8. The molecule has 0 radical (unpaired) electrons. The minimum atomic E-state index is -0.140. The molecule has 0 amide bonds. The van der Waals surface area contributed by atoms with Gasteiger partial charge in [0.2, 0.25) is 0 Å². The van der Waals surface area contributed by atoms with Gasteiger partial charge in [-0.05, 0) is 126 Å². The van der Waals surface area contributed by atoms with Gasteiger partial charge in [0, 0.05) is 38.7 Å². The number of rotatable bonds is 8. The van der Waals surface area contributed by atoms with E-state index in [0.717, 1.165) is 83.5 Å². The molecule has 0 spiro atoms. The van der Waals surface area contributed by atoms with Crippen LogP contribution in [0.1, 0.15) is 51.3 Å². The van der Waals surface area contributed by atoms with Crippen LogP contribution in [0, 0.1) is 0 Å². The Morgan fingerprint density at radius 3 is 1.59 bits per heavy atom. The Hall–Kier alpha value is -8.20. The fourth-order valence-corrected chi connectivity index (χ4v) is 10.8. The third-order valence-corrected chi connectivity index (χ3v) is 14.4. The summed E-state index contributed by atoms with van der Waals surface area (Å²) in [7, 11) is 0. The van der Waals surface area contributed by atoms with Gasteiger partial charge in [-0.2, -0.15) is 0 Å². The van der Waals surface area contributed by atoms with Gasteiger partial charge >= 0.3 is 0 Å². The first-order chi connectivity index (χ1) is 33.6. The molecule has 10 aromatic carbocycles. The van der Waals surface area contributed by atoms with E-state index in [1.807, 2.05) is 0 Å². The highest BCUT2D eigenvalue weighted by Crippen LogP contribution is 2.53. The number of fused-ring (bicyclic) bond motifs is 6. The highest BCUT2D eigenvalue weighted by molar-refractivity contribution is 6.21. The van der Waals surface area contributed by atoms with E-state index in [9.17, 15) is 0 Å². The Bertz CT molecular complexity index is 3710.